The van der Waals surface area contributed by atoms with Crippen molar-refractivity contribution in [1.82, 2.24) is 4.90 Å². The maximum atomic E-state index is 12.7. The van der Waals surface area contributed by atoms with E-state index in [4.69, 9.17) is 0 Å². The predicted molar refractivity (Wildman–Crippen MR) is 68.6 cm³/mol. The van der Waals surface area contributed by atoms with Crippen molar-refractivity contribution >= 4 is 5.78 Å². The zero-order valence-corrected chi connectivity index (χ0v) is 11.6. The van der Waals surface area contributed by atoms with Gasteiger partial charge in [0.25, 0.3) is 0 Å². The van der Waals surface area contributed by atoms with Gasteiger partial charge in [-0.1, -0.05) is 47.5 Å². The van der Waals surface area contributed by atoms with E-state index in [-0.39, 0.29) is 11.0 Å². The summed E-state index contributed by atoms with van der Waals surface area (Å²) in [5.74, 6) is 0.446. The Balaban J connectivity index is 3.01. The van der Waals surface area contributed by atoms with Gasteiger partial charge in [0.05, 0.1) is 5.54 Å². The molecule has 0 heterocycles. The van der Waals surface area contributed by atoms with Crippen molar-refractivity contribution in [2.45, 2.75) is 65.8 Å². The van der Waals surface area contributed by atoms with Crippen molar-refractivity contribution in [1.29, 1.82) is 0 Å². The highest BCUT2D eigenvalue weighted by Gasteiger charge is 2.48. The van der Waals surface area contributed by atoms with Crippen LogP contribution in [-0.4, -0.2) is 29.3 Å². The lowest BCUT2D eigenvalue weighted by Crippen LogP contribution is -2.56. The lowest BCUT2D eigenvalue weighted by Gasteiger charge is -2.42. The first kappa shape index (κ1) is 13.7. The summed E-state index contributed by atoms with van der Waals surface area (Å²) in [6.45, 7) is 12.5. The molecule has 0 aromatic heterocycles. The molecule has 0 atom stereocenters. The summed E-state index contributed by atoms with van der Waals surface area (Å²) in [7, 11) is 0. The average molecular weight is 225 g/mol. The minimum atomic E-state index is -0.215. The molecule has 1 rings (SSSR count). The van der Waals surface area contributed by atoms with E-state index in [2.05, 4.69) is 39.5 Å². The highest BCUT2D eigenvalue weighted by Crippen LogP contribution is 2.40. The minimum absolute atomic E-state index is 0.151. The molecule has 2 heteroatoms. The van der Waals surface area contributed by atoms with Gasteiger partial charge in [-0.25, -0.2) is 0 Å². The first-order valence-corrected chi connectivity index (χ1v) is 6.68. The second-order valence-corrected chi connectivity index (χ2v) is 5.99. The van der Waals surface area contributed by atoms with Crippen molar-refractivity contribution in [3.8, 4) is 0 Å². The van der Waals surface area contributed by atoms with E-state index in [1.165, 1.54) is 12.8 Å². The molecule has 1 aliphatic rings. The minimum Gasteiger partial charge on any atom is -0.297 e. The lowest BCUT2D eigenvalue weighted by atomic mass is 9.76. The maximum Gasteiger partial charge on any atom is 0.158 e. The summed E-state index contributed by atoms with van der Waals surface area (Å²) in [4.78, 5) is 15.1. The van der Waals surface area contributed by atoms with Crippen LogP contribution in [0.25, 0.3) is 0 Å². The molecule has 0 aliphatic heterocycles. The lowest BCUT2D eigenvalue weighted by molar-refractivity contribution is -0.139. The van der Waals surface area contributed by atoms with E-state index < -0.39 is 0 Å². The Morgan fingerprint density at radius 3 is 1.88 bits per heavy atom. The maximum absolute atomic E-state index is 12.7. The Bertz CT molecular complexity index is 242. The highest BCUT2D eigenvalue weighted by molar-refractivity contribution is 5.93. The molecule has 0 bridgehead atoms. The van der Waals surface area contributed by atoms with Crippen LogP contribution in [0.3, 0.4) is 0 Å². The van der Waals surface area contributed by atoms with Crippen molar-refractivity contribution < 1.29 is 4.79 Å². The number of Topliss-reactive ketones (excluding diaryl/α,β-unsaturated/α-hetero) is 1. The van der Waals surface area contributed by atoms with Gasteiger partial charge in [0, 0.05) is 5.41 Å². The third-order valence-corrected chi connectivity index (χ3v) is 3.90. The number of ketones is 1. The quantitative estimate of drug-likeness (QED) is 0.732. The molecule has 0 saturated heterocycles. The van der Waals surface area contributed by atoms with Crippen LogP contribution < -0.4 is 0 Å². The fourth-order valence-electron chi connectivity index (χ4n) is 3.17. The zero-order valence-electron chi connectivity index (χ0n) is 11.6. The summed E-state index contributed by atoms with van der Waals surface area (Å²) in [5.41, 5.74) is -0.366. The fraction of sp³-hybridized carbons (Fsp3) is 0.929. The predicted octanol–water partition coefficient (Wildman–Crippen LogP) is 3.26. The number of rotatable bonds is 4. The van der Waals surface area contributed by atoms with Gasteiger partial charge in [-0.2, -0.15) is 0 Å². The van der Waals surface area contributed by atoms with Crippen LogP contribution in [0.1, 0.15) is 60.3 Å². The average Bonchev–Trinajstić information content (AvgIpc) is 2.67. The van der Waals surface area contributed by atoms with Gasteiger partial charge in [0.2, 0.25) is 0 Å². The summed E-state index contributed by atoms with van der Waals surface area (Å²) in [6, 6.07) is 0. The van der Waals surface area contributed by atoms with Crippen molar-refractivity contribution in [2.75, 3.05) is 13.1 Å². The molecule has 1 fully saturated rings. The Hall–Kier alpha value is -0.370. The number of carbonyl (C=O) groups is 1. The van der Waals surface area contributed by atoms with Gasteiger partial charge < -0.3 is 0 Å². The van der Waals surface area contributed by atoms with Gasteiger partial charge in [-0.05, 0) is 25.9 Å². The van der Waals surface area contributed by atoms with E-state index >= 15 is 0 Å². The topological polar surface area (TPSA) is 20.3 Å². The number of hydrogen-bond acceptors (Lipinski definition) is 2. The summed E-state index contributed by atoms with van der Waals surface area (Å²) < 4.78 is 0. The molecule has 0 aromatic carbocycles. The van der Waals surface area contributed by atoms with Gasteiger partial charge in [0.15, 0.2) is 5.78 Å². The van der Waals surface area contributed by atoms with Gasteiger partial charge >= 0.3 is 0 Å². The first-order chi connectivity index (χ1) is 7.38. The number of nitrogens with zero attached hydrogens (tertiary/aromatic N) is 1. The molecule has 0 aromatic rings. The van der Waals surface area contributed by atoms with Crippen LogP contribution >= 0.6 is 0 Å². The third-order valence-electron chi connectivity index (χ3n) is 3.90. The molecular formula is C14H27NO. The largest absolute Gasteiger partial charge is 0.297 e. The van der Waals surface area contributed by atoms with Crippen LogP contribution in [0.5, 0.6) is 0 Å². The number of likely N-dealkylation sites (N-methyl/N-ethyl adjacent to an activating group) is 1. The van der Waals surface area contributed by atoms with Crippen LogP contribution in [0, 0.1) is 5.41 Å². The van der Waals surface area contributed by atoms with Gasteiger partial charge in [0.1, 0.15) is 0 Å². The molecular weight excluding hydrogens is 198 g/mol. The van der Waals surface area contributed by atoms with Crippen LogP contribution in [0.4, 0.5) is 0 Å². The zero-order chi connectivity index (χ0) is 12.4. The summed E-state index contributed by atoms with van der Waals surface area (Å²) >= 11 is 0. The van der Waals surface area contributed by atoms with E-state index in [1.54, 1.807) is 0 Å². The van der Waals surface area contributed by atoms with Crippen LogP contribution in [0.15, 0.2) is 0 Å². The fourth-order valence-corrected chi connectivity index (χ4v) is 3.17. The Labute approximate surface area is 100 Å². The molecule has 1 saturated carbocycles. The summed E-state index contributed by atoms with van der Waals surface area (Å²) in [6.07, 6.45) is 4.53. The van der Waals surface area contributed by atoms with E-state index in [0.29, 0.717) is 5.78 Å². The molecule has 94 valence electrons. The van der Waals surface area contributed by atoms with E-state index in [0.717, 1.165) is 25.9 Å². The normalized spacial score (nSPS) is 20.4. The summed E-state index contributed by atoms with van der Waals surface area (Å²) in [5, 5.41) is 0. The van der Waals surface area contributed by atoms with Crippen molar-refractivity contribution in [3.63, 3.8) is 0 Å². The molecule has 2 nitrogen and oxygen atoms in total. The molecule has 0 radical (unpaired) electrons. The van der Waals surface area contributed by atoms with Crippen LogP contribution in [0.2, 0.25) is 0 Å². The van der Waals surface area contributed by atoms with Crippen molar-refractivity contribution in [2.24, 2.45) is 5.41 Å². The Kier molecular flexibility index (Phi) is 4.17. The Morgan fingerprint density at radius 1 is 1.12 bits per heavy atom. The molecule has 0 spiro atoms. The second-order valence-electron chi connectivity index (χ2n) is 5.99. The smallest absolute Gasteiger partial charge is 0.158 e. The van der Waals surface area contributed by atoms with E-state index in [9.17, 15) is 4.79 Å². The SMILES string of the molecule is CCN(CC)C1(C(=O)C(C)(C)C)CCCC1. The third kappa shape index (κ3) is 2.32. The molecule has 0 amide bonds. The van der Waals surface area contributed by atoms with Crippen molar-refractivity contribution in [3.05, 3.63) is 0 Å². The van der Waals surface area contributed by atoms with E-state index in [1.807, 2.05) is 0 Å². The molecule has 16 heavy (non-hydrogen) atoms. The van der Waals surface area contributed by atoms with Crippen LogP contribution in [-0.2, 0) is 4.79 Å². The molecule has 0 unspecified atom stereocenters. The highest BCUT2D eigenvalue weighted by atomic mass is 16.1. The second kappa shape index (κ2) is 4.87. The first-order valence-electron chi connectivity index (χ1n) is 6.68. The molecule has 0 N–H and O–H groups in total. The molecule has 1 aliphatic carbocycles. The monoisotopic (exact) mass is 225 g/mol. The Morgan fingerprint density at radius 2 is 1.56 bits per heavy atom. The number of hydrogen-bond donors (Lipinski definition) is 0. The number of carbonyl (C=O) groups excluding carboxylic acids is 1. The van der Waals surface area contributed by atoms with Gasteiger partial charge in [-0.3, -0.25) is 9.69 Å². The van der Waals surface area contributed by atoms with Gasteiger partial charge in [-0.15, -0.1) is 0 Å². The standard InChI is InChI=1S/C14H27NO/c1-6-15(7-2)14(10-8-9-11-14)12(16)13(3,4)5/h6-11H2,1-5H3.